The smallest absolute Gasteiger partial charge is 0.0590 e. The van der Waals surface area contributed by atoms with Crippen molar-refractivity contribution in [3.63, 3.8) is 0 Å². The molecule has 0 radical (unpaired) electrons. The Labute approximate surface area is 87.4 Å². The summed E-state index contributed by atoms with van der Waals surface area (Å²) in [5, 5.41) is 3.52. The number of nitrogens with one attached hydrogen (secondary N) is 1. The van der Waals surface area contributed by atoms with Crippen LogP contribution in [-0.4, -0.2) is 26.3 Å². The zero-order valence-electron chi connectivity index (χ0n) is 9.30. The second kappa shape index (κ2) is 5.13. The molecule has 0 aromatic carbocycles. The van der Waals surface area contributed by atoms with Crippen LogP contribution in [0.3, 0.4) is 0 Å². The zero-order valence-corrected chi connectivity index (χ0v) is 9.30. The van der Waals surface area contributed by atoms with Gasteiger partial charge in [0, 0.05) is 13.2 Å². The first-order valence-corrected chi connectivity index (χ1v) is 6.18. The van der Waals surface area contributed by atoms with Crippen molar-refractivity contribution < 1.29 is 4.74 Å². The van der Waals surface area contributed by atoms with Crippen LogP contribution in [0, 0.1) is 17.8 Å². The molecule has 0 aliphatic heterocycles. The normalized spacial score (nSPS) is 35.4. The first kappa shape index (κ1) is 10.4. The number of hydrogen-bond donors (Lipinski definition) is 1. The van der Waals surface area contributed by atoms with Gasteiger partial charge in [-0.2, -0.15) is 0 Å². The average molecular weight is 197 g/mol. The minimum Gasteiger partial charge on any atom is -0.380 e. The molecule has 2 aliphatic carbocycles. The van der Waals surface area contributed by atoms with Gasteiger partial charge in [-0.3, -0.25) is 0 Å². The van der Waals surface area contributed by atoms with Crippen LogP contribution in [0.25, 0.3) is 0 Å². The van der Waals surface area contributed by atoms with Gasteiger partial charge in [0.15, 0.2) is 0 Å². The largest absolute Gasteiger partial charge is 0.380 e. The van der Waals surface area contributed by atoms with Crippen molar-refractivity contribution in [1.82, 2.24) is 5.32 Å². The molecule has 2 rings (SSSR count). The molecular weight excluding hydrogens is 174 g/mol. The summed E-state index contributed by atoms with van der Waals surface area (Å²) in [5.74, 6) is 3.12. The van der Waals surface area contributed by atoms with Crippen molar-refractivity contribution >= 4 is 0 Å². The molecule has 3 atom stereocenters. The number of hydrogen-bond acceptors (Lipinski definition) is 2. The molecule has 0 saturated heterocycles. The minimum atomic E-state index is 0.843. The van der Waals surface area contributed by atoms with Crippen molar-refractivity contribution in [3.05, 3.63) is 0 Å². The summed E-state index contributed by atoms with van der Waals surface area (Å²) >= 11 is 0. The maximum Gasteiger partial charge on any atom is 0.0590 e. The summed E-state index contributed by atoms with van der Waals surface area (Å²) in [7, 11) is 0. The third-order valence-corrected chi connectivity index (χ3v) is 3.92. The van der Waals surface area contributed by atoms with Gasteiger partial charge < -0.3 is 10.1 Å². The van der Waals surface area contributed by atoms with Gasteiger partial charge in [-0.15, -0.1) is 0 Å². The van der Waals surface area contributed by atoms with E-state index in [2.05, 4.69) is 12.2 Å². The third kappa shape index (κ3) is 2.48. The van der Waals surface area contributed by atoms with E-state index in [9.17, 15) is 0 Å². The topological polar surface area (TPSA) is 21.3 Å². The van der Waals surface area contributed by atoms with Crippen LogP contribution in [0.4, 0.5) is 0 Å². The highest BCUT2D eigenvalue weighted by Crippen LogP contribution is 2.47. The minimum absolute atomic E-state index is 0.843. The summed E-state index contributed by atoms with van der Waals surface area (Å²) < 4.78 is 5.30. The Balaban J connectivity index is 1.54. The maximum atomic E-state index is 5.30. The Morgan fingerprint density at radius 1 is 1.29 bits per heavy atom. The second-order valence-corrected chi connectivity index (χ2v) is 4.84. The molecule has 2 aliphatic rings. The van der Waals surface area contributed by atoms with Crippen LogP contribution in [0.1, 0.15) is 32.6 Å². The van der Waals surface area contributed by atoms with E-state index in [-0.39, 0.29) is 0 Å². The fourth-order valence-corrected chi connectivity index (χ4v) is 3.20. The van der Waals surface area contributed by atoms with Crippen molar-refractivity contribution in [1.29, 1.82) is 0 Å². The Morgan fingerprint density at radius 2 is 2.21 bits per heavy atom. The van der Waals surface area contributed by atoms with Crippen molar-refractivity contribution in [3.8, 4) is 0 Å². The molecule has 2 nitrogen and oxygen atoms in total. The van der Waals surface area contributed by atoms with Gasteiger partial charge in [-0.25, -0.2) is 0 Å². The molecule has 0 spiro atoms. The highest BCUT2D eigenvalue weighted by atomic mass is 16.5. The Kier molecular flexibility index (Phi) is 3.82. The molecule has 2 bridgehead atoms. The van der Waals surface area contributed by atoms with Gasteiger partial charge in [0.2, 0.25) is 0 Å². The van der Waals surface area contributed by atoms with Crippen LogP contribution in [-0.2, 0) is 4.74 Å². The predicted molar refractivity (Wildman–Crippen MR) is 58.3 cm³/mol. The molecule has 0 amide bonds. The molecule has 82 valence electrons. The molecule has 0 aromatic rings. The molecule has 14 heavy (non-hydrogen) atoms. The average Bonchev–Trinajstić information content (AvgIpc) is 2.79. The Morgan fingerprint density at radius 3 is 2.86 bits per heavy atom. The number of fused-ring (bicyclic) bond motifs is 2. The molecule has 2 saturated carbocycles. The standard InChI is InChI=1S/C12H23NO/c1-2-14-6-5-13-9-12-8-10-3-4-11(12)7-10/h10-13H,2-9H2,1H3. The molecular formula is C12H23NO. The molecule has 0 aromatic heterocycles. The SMILES string of the molecule is CCOCCNCC1CC2CCC1C2. The van der Waals surface area contributed by atoms with E-state index < -0.39 is 0 Å². The van der Waals surface area contributed by atoms with E-state index in [0.717, 1.165) is 37.5 Å². The molecule has 0 heterocycles. The zero-order chi connectivity index (χ0) is 9.80. The lowest BCUT2D eigenvalue weighted by atomic mass is 9.89. The predicted octanol–water partition coefficient (Wildman–Crippen LogP) is 2.05. The van der Waals surface area contributed by atoms with Crippen LogP contribution < -0.4 is 5.32 Å². The highest BCUT2D eigenvalue weighted by Gasteiger charge is 2.38. The Hall–Kier alpha value is -0.0800. The van der Waals surface area contributed by atoms with Crippen LogP contribution in [0.15, 0.2) is 0 Å². The summed E-state index contributed by atoms with van der Waals surface area (Å²) in [6, 6.07) is 0. The maximum absolute atomic E-state index is 5.30. The van der Waals surface area contributed by atoms with Crippen molar-refractivity contribution in [2.45, 2.75) is 32.6 Å². The number of ether oxygens (including phenoxy) is 1. The fourth-order valence-electron chi connectivity index (χ4n) is 3.20. The monoisotopic (exact) mass is 197 g/mol. The van der Waals surface area contributed by atoms with Gasteiger partial charge >= 0.3 is 0 Å². The van der Waals surface area contributed by atoms with Gasteiger partial charge in [-0.1, -0.05) is 6.42 Å². The summed E-state index contributed by atoms with van der Waals surface area (Å²) in [6.07, 6.45) is 6.03. The molecule has 1 N–H and O–H groups in total. The quantitative estimate of drug-likeness (QED) is 0.658. The van der Waals surface area contributed by atoms with E-state index in [1.807, 2.05) is 0 Å². The lowest BCUT2D eigenvalue weighted by molar-refractivity contribution is 0.147. The second-order valence-electron chi connectivity index (χ2n) is 4.84. The lowest BCUT2D eigenvalue weighted by Crippen LogP contribution is -2.29. The molecule has 2 fully saturated rings. The summed E-state index contributed by atoms with van der Waals surface area (Å²) in [6.45, 7) is 6.03. The molecule has 3 unspecified atom stereocenters. The molecule has 2 heteroatoms. The van der Waals surface area contributed by atoms with Crippen LogP contribution in [0.5, 0.6) is 0 Å². The van der Waals surface area contributed by atoms with Crippen LogP contribution in [0.2, 0.25) is 0 Å². The van der Waals surface area contributed by atoms with Crippen molar-refractivity contribution in [2.75, 3.05) is 26.3 Å². The van der Waals surface area contributed by atoms with E-state index in [1.165, 1.54) is 32.2 Å². The first-order valence-electron chi connectivity index (χ1n) is 6.18. The van der Waals surface area contributed by atoms with E-state index in [4.69, 9.17) is 4.74 Å². The van der Waals surface area contributed by atoms with Crippen LogP contribution >= 0.6 is 0 Å². The first-order chi connectivity index (χ1) is 6.90. The van der Waals surface area contributed by atoms with Gasteiger partial charge in [0.1, 0.15) is 0 Å². The lowest BCUT2D eigenvalue weighted by Gasteiger charge is -2.21. The van der Waals surface area contributed by atoms with E-state index in [0.29, 0.717) is 0 Å². The van der Waals surface area contributed by atoms with E-state index in [1.54, 1.807) is 0 Å². The fraction of sp³-hybridized carbons (Fsp3) is 1.00. The van der Waals surface area contributed by atoms with E-state index >= 15 is 0 Å². The van der Waals surface area contributed by atoms with Gasteiger partial charge in [0.05, 0.1) is 6.61 Å². The van der Waals surface area contributed by atoms with Crippen molar-refractivity contribution in [2.24, 2.45) is 17.8 Å². The summed E-state index contributed by atoms with van der Waals surface area (Å²) in [4.78, 5) is 0. The third-order valence-electron chi connectivity index (χ3n) is 3.92. The van der Waals surface area contributed by atoms with Gasteiger partial charge in [-0.05, 0) is 50.5 Å². The number of rotatable bonds is 6. The highest BCUT2D eigenvalue weighted by molar-refractivity contribution is 4.90. The van der Waals surface area contributed by atoms with Gasteiger partial charge in [0.25, 0.3) is 0 Å². The summed E-state index contributed by atoms with van der Waals surface area (Å²) in [5.41, 5.74) is 0. The Bertz CT molecular complexity index is 172.